The number of nitrogens with zero attached hydrogens (tertiary/aromatic N) is 4. The molecule has 3 aromatic rings. The number of halogens is 2. The molecule has 1 aromatic heterocycles. The van der Waals surface area contributed by atoms with Crippen molar-refractivity contribution in [3.63, 3.8) is 0 Å². The molecule has 1 saturated heterocycles. The van der Waals surface area contributed by atoms with E-state index in [1.807, 2.05) is 24.3 Å². The van der Waals surface area contributed by atoms with E-state index in [1.54, 1.807) is 29.3 Å². The maximum absolute atomic E-state index is 13.7. The highest BCUT2D eigenvalue weighted by molar-refractivity contribution is 9.10. The van der Waals surface area contributed by atoms with Gasteiger partial charge in [0.1, 0.15) is 16.5 Å². The molecule has 1 fully saturated rings. The lowest BCUT2D eigenvalue weighted by Gasteiger charge is -2.35. The molecule has 0 N–H and O–H groups in total. The lowest BCUT2D eigenvalue weighted by Crippen LogP contribution is -2.49. The Morgan fingerprint density at radius 3 is 2.54 bits per heavy atom. The quantitative estimate of drug-likeness (QED) is 0.423. The van der Waals surface area contributed by atoms with Crippen molar-refractivity contribution in [2.24, 2.45) is 0 Å². The van der Waals surface area contributed by atoms with Crippen molar-refractivity contribution in [1.29, 1.82) is 0 Å². The summed E-state index contributed by atoms with van der Waals surface area (Å²) in [5.41, 5.74) is 2.03. The van der Waals surface area contributed by atoms with E-state index < -0.39 is 10.0 Å². The third-order valence-corrected chi connectivity index (χ3v) is 9.43. The van der Waals surface area contributed by atoms with Gasteiger partial charge in [0, 0.05) is 54.0 Å². The molecule has 0 bridgehead atoms. The van der Waals surface area contributed by atoms with Crippen molar-refractivity contribution in [1.82, 2.24) is 9.29 Å². The first kappa shape index (κ1) is 26.0. The number of ether oxygens (including phenoxy) is 1. The highest BCUT2D eigenvalue weighted by Crippen LogP contribution is 2.38. The number of hydrogen-bond donors (Lipinski definition) is 0. The molecule has 0 aliphatic carbocycles. The zero-order valence-electron chi connectivity index (χ0n) is 20.2. The third-order valence-electron chi connectivity index (χ3n) is 6.69. The number of rotatable bonds is 5. The number of aryl methyl sites for hydroxylation is 1. The fourth-order valence-corrected chi connectivity index (χ4v) is 7.55. The van der Waals surface area contributed by atoms with Gasteiger partial charge in [0.15, 0.2) is 0 Å². The van der Waals surface area contributed by atoms with Crippen molar-refractivity contribution in [3.05, 3.63) is 75.4 Å². The molecular weight excluding hydrogens is 580 g/mol. The molecule has 8 nitrogen and oxygen atoms in total. The second-order valence-electron chi connectivity index (χ2n) is 8.90. The van der Waals surface area contributed by atoms with Crippen LogP contribution in [0.3, 0.4) is 0 Å². The number of benzene rings is 2. The zero-order chi connectivity index (χ0) is 26.2. The van der Waals surface area contributed by atoms with E-state index in [1.165, 1.54) is 17.5 Å². The Morgan fingerprint density at radius 1 is 1.05 bits per heavy atom. The number of amides is 1. The van der Waals surface area contributed by atoms with Crippen molar-refractivity contribution in [2.45, 2.75) is 17.7 Å². The number of pyridine rings is 1. The van der Waals surface area contributed by atoms with Crippen LogP contribution >= 0.6 is 27.5 Å². The first-order valence-electron chi connectivity index (χ1n) is 11.9. The summed E-state index contributed by atoms with van der Waals surface area (Å²) < 4.78 is 35.0. The average molecular weight is 606 g/mol. The second kappa shape index (κ2) is 10.6. The summed E-state index contributed by atoms with van der Waals surface area (Å²) in [5, 5.41) is 0.598. The van der Waals surface area contributed by atoms with Crippen LogP contribution < -0.4 is 14.5 Å². The van der Waals surface area contributed by atoms with Crippen LogP contribution in [0.2, 0.25) is 5.02 Å². The Labute approximate surface area is 230 Å². The maximum atomic E-state index is 13.7. The van der Waals surface area contributed by atoms with E-state index in [-0.39, 0.29) is 22.1 Å². The molecule has 3 heterocycles. The standard InChI is InChI=1S/C26H26BrClN4O4S/c1-36-22-8-7-19(26(33)32-10-4-5-18-15-20(28)17-21(27)25(18)32)16-23(22)37(34,35)31-13-11-30(12-14-31)24-6-2-3-9-29-24/h2-3,6-9,15-17H,4-5,10-14H2,1H3. The van der Waals surface area contributed by atoms with Gasteiger partial charge in [-0.1, -0.05) is 17.7 Å². The SMILES string of the molecule is COc1ccc(C(=O)N2CCCc3cc(Cl)cc(Br)c32)cc1S(=O)(=O)N1CCN(c2ccccn2)CC1. The minimum Gasteiger partial charge on any atom is -0.495 e. The van der Waals surface area contributed by atoms with Crippen molar-refractivity contribution in [3.8, 4) is 5.75 Å². The van der Waals surface area contributed by atoms with E-state index >= 15 is 0 Å². The van der Waals surface area contributed by atoms with Crippen molar-refractivity contribution < 1.29 is 17.9 Å². The summed E-state index contributed by atoms with van der Waals surface area (Å²) in [7, 11) is -2.48. The molecule has 5 rings (SSSR count). The van der Waals surface area contributed by atoms with Gasteiger partial charge in [-0.15, -0.1) is 0 Å². The van der Waals surface area contributed by atoms with Crippen LogP contribution in [0, 0.1) is 0 Å². The van der Waals surface area contributed by atoms with Gasteiger partial charge in [-0.05, 0) is 76.8 Å². The van der Waals surface area contributed by atoms with Crippen LogP contribution in [0.1, 0.15) is 22.3 Å². The first-order valence-corrected chi connectivity index (χ1v) is 14.5. The molecule has 1 amide bonds. The topological polar surface area (TPSA) is 83.0 Å². The van der Waals surface area contributed by atoms with Crippen molar-refractivity contribution >= 4 is 55.0 Å². The Hall–Kier alpha value is -2.66. The van der Waals surface area contributed by atoms with E-state index in [2.05, 4.69) is 25.8 Å². The molecule has 37 heavy (non-hydrogen) atoms. The zero-order valence-corrected chi connectivity index (χ0v) is 23.4. The lowest BCUT2D eigenvalue weighted by atomic mass is 10.0. The number of fused-ring (bicyclic) bond motifs is 1. The molecule has 2 aliphatic heterocycles. The Bertz CT molecular complexity index is 1430. The number of carbonyl (C=O) groups excluding carboxylic acids is 1. The van der Waals surface area contributed by atoms with Gasteiger partial charge in [0.25, 0.3) is 5.91 Å². The predicted octanol–water partition coefficient (Wildman–Crippen LogP) is 4.61. The number of hydrogen-bond acceptors (Lipinski definition) is 6. The number of aromatic nitrogens is 1. The highest BCUT2D eigenvalue weighted by Gasteiger charge is 2.33. The molecule has 0 saturated carbocycles. The van der Waals surface area contributed by atoms with Gasteiger partial charge in [-0.25, -0.2) is 13.4 Å². The molecule has 0 atom stereocenters. The number of sulfonamides is 1. The number of methoxy groups -OCH3 is 1. The summed E-state index contributed by atoms with van der Waals surface area (Å²) >= 11 is 9.77. The number of anilines is 2. The van der Waals surface area contributed by atoms with Gasteiger partial charge >= 0.3 is 0 Å². The summed E-state index contributed by atoms with van der Waals surface area (Å²) in [6, 6.07) is 13.9. The van der Waals surface area contributed by atoms with Gasteiger partial charge in [-0.2, -0.15) is 4.31 Å². The third kappa shape index (κ3) is 5.07. The fraction of sp³-hybridized carbons (Fsp3) is 0.308. The number of carbonyl (C=O) groups is 1. The Morgan fingerprint density at radius 2 is 1.84 bits per heavy atom. The van der Waals surface area contributed by atoms with Gasteiger partial charge in [0.2, 0.25) is 10.0 Å². The summed E-state index contributed by atoms with van der Waals surface area (Å²) in [6.07, 6.45) is 3.32. The van der Waals surface area contributed by atoms with E-state index in [9.17, 15) is 13.2 Å². The van der Waals surface area contributed by atoms with Crippen LogP contribution in [0.15, 0.2) is 64.1 Å². The van der Waals surface area contributed by atoms with Crippen LogP contribution in [-0.2, 0) is 16.4 Å². The average Bonchev–Trinajstić information content (AvgIpc) is 2.92. The smallest absolute Gasteiger partial charge is 0.258 e. The molecular formula is C26H26BrClN4O4S. The van der Waals surface area contributed by atoms with Gasteiger partial charge < -0.3 is 14.5 Å². The van der Waals surface area contributed by atoms with Crippen LogP contribution in [0.25, 0.3) is 0 Å². The molecule has 0 radical (unpaired) electrons. The molecule has 11 heteroatoms. The molecule has 0 spiro atoms. The number of piperazine rings is 1. The highest BCUT2D eigenvalue weighted by atomic mass is 79.9. The summed E-state index contributed by atoms with van der Waals surface area (Å²) in [4.78, 5) is 21.8. The van der Waals surface area contributed by atoms with E-state index in [0.29, 0.717) is 37.7 Å². The second-order valence-corrected chi connectivity index (χ2v) is 12.1. The monoisotopic (exact) mass is 604 g/mol. The molecule has 2 aromatic carbocycles. The van der Waals surface area contributed by atoms with Crippen LogP contribution in [-0.4, -0.2) is 63.4 Å². The molecule has 194 valence electrons. The minimum absolute atomic E-state index is 0.0143. The molecule has 2 aliphatic rings. The summed E-state index contributed by atoms with van der Waals surface area (Å²) in [5.74, 6) is 0.748. The fourth-order valence-electron chi connectivity index (χ4n) is 4.86. The first-order chi connectivity index (χ1) is 17.8. The predicted molar refractivity (Wildman–Crippen MR) is 147 cm³/mol. The Kier molecular flexibility index (Phi) is 7.44. The van der Waals surface area contributed by atoms with Gasteiger partial charge in [0.05, 0.1) is 12.8 Å². The van der Waals surface area contributed by atoms with E-state index in [4.69, 9.17) is 16.3 Å². The normalized spacial score (nSPS) is 16.4. The Balaban J connectivity index is 1.43. The summed E-state index contributed by atoms with van der Waals surface area (Å²) in [6.45, 7) is 2.15. The minimum atomic E-state index is -3.91. The van der Waals surface area contributed by atoms with Crippen molar-refractivity contribution in [2.75, 3.05) is 49.6 Å². The van der Waals surface area contributed by atoms with Gasteiger partial charge in [-0.3, -0.25) is 4.79 Å². The largest absolute Gasteiger partial charge is 0.495 e. The van der Waals surface area contributed by atoms with Crippen LogP contribution in [0.5, 0.6) is 5.75 Å². The molecule has 0 unspecified atom stereocenters. The van der Waals surface area contributed by atoms with Crippen LogP contribution in [0.4, 0.5) is 11.5 Å². The maximum Gasteiger partial charge on any atom is 0.258 e. The van der Waals surface area contributed by atoms with E-state index in [0.717, 1.165) is 34.4 Å². The lowest BCUT2D eigenvalue weighted by molar-refractivity contribution is 0.0984.